The van der Waals surface area contributed by atoms with Gasteiger partial charge in [-0.05, 0) is 74.6 Å². The zero-order valence-electron chi connectivity index (χ0n) is 25.3. The van der Waals surface area contributed by atoms with Gasteiger partial charge in [0.05, 0.1) is 30.9 Å². The molecule has 2 aliphatic rings. The van der Waals surface area contributed by atoms with Crippen molar-refractivity contribution in [1.82, 2.24) is 16.2 Å². The molecule has 3 aromatic carbocycles. The topological polar surface area (TPSA) is 148 Å². The third-order valence-electron chi connectivity index (χ3n) is 7.74. The van der Waals surface area contributed by atoms with Crippen LogP contribution in [-0.2, 0) is 9.59 Å². The number of nitrogens with one attached hydrogen (secondary N) is 4. The zero-order chi connectivity index (χ0) is 31.9. The van der Waals surface area contributed by atoms with Gasteiger partial charge in [-0.3, -0.25) is 14.6 Å². The highest BCUT2D eigenvalue weighted by Gasteiger charge is 2.40. The highest BCUT2D eigenvalue weighted by Crippen LogP contribution is 2.36. The molecule has 5 rings (SSSR count). The van der Waals surface area contributed by atoms with Crippen molar-refractivity contribution in [2.75, 3.05) is 23.4 Å². The number of halogens is 1. The number of rotatable bonds is 12. The third kappa shape index (κ3) is 8.02. The quantitative estimate of drug-likeness (QED) is 0.132. The predicted molar refractivity (Wildman–Crippen MR) is 177 cm³/mol. The molecule has 3 aromatic rings. The molecule has 0 aromatic heterocycles. The Morgan fingerprint density at radius 3 is 2.60 bits per heavy atom. The lowest BCUT2D eigenvalue weighted by Crippen LogP contribution is -2.47. The molecule has 0 spiro atoms. The molecule has 236 valence electrons. The molecule has 45 heavy (non-hydrogen) atoms. The second kappa shape index (κ2) is 14.9. The first-order valence-electron chi connectivity index (χ1n) is 15.2. The van der Waals surface area contributed by atoms with Crippen LogP contribution in [0.2, 0.25) is 5.02 Å². The molecule has 2 heterocycles. The lowest BCUT2D eigenvalue weighted by atomic mass is 9.80. The summed E-state index contributed by atoms with van der Waals surface area (Å²) in [4.78, 5) is 32.5. The Hall–Kier alpha value is -3.94. The summed E-state index contributed by atoms with van der Waals surface area (Å²) in [5.74, 6) is 0.446. The standard InChI is InChI=1S/C32H38BClN6O5/c1-3-35-30(42)19-27-32-39-38-20(2)40(32)28-15-14-25(18-26(28)31(37-27)21-10-12-23(34)13-11-21)45-16-5-4-9-29(41)36-24-8-6-7-22(17-24)33(43)44/h6-8,10-15,17-18,20,27,32,38-39,43-44H,3-5,9,16,19H2,1-2H3,(H,35,42)(H,36,41). The minimum Gasteiger partial charge on any atom is -0.494 e. The number of benzene rings is 3. The van der Waals surface area contributed by atoms with Crippen molar-refractivity contribution < 1.29 is 24.4 Å². The first kappa shape index (κ1) is 32.5. The molecule has 2 aliphatic heterocycles. The summed E-state index contributed by atoms with van der Waals surface area (Å²) in [6, 6.07) is 19.5. The molecule has 11 nitrogen and oxygen atoms in total. The first-order valence-corrected chi connectivity index (χ1v) is 15.5. The Labute approximate surface area is 268 Å². The molecule has 1 fully saturated rings. The minimum absolute atomic E-state index is 0.0562. The van der Waals surface area contributed by atoms with Crippen molar-refractivity contribution in [3.63, 3.8) is 0 Å². The van der Waals surface area contributed by atoms with E-state index in [1.807, 2.05) is 49.4 Å². The van der Waals surface area contributed by atoms with Crippen LogP contribution in [0.5, 0.6) is 5.75 Å². The fourth-order valence-corrected chi connectivity index (χ4v) is 5.71. The lowest BCUT2D eigenvalue weighted by molar-refractivity contribution is -0.121. The minimum atomic E-state index is -1.59. The second-order valence-electron chi connectivity index (χ2n) is 11.1. The van der Waals surface area contributed by atoms with E-state index in [-0.39, 0.29) is 36.6 Å². The number of carbonyl (C=O) groups excluding carboxylic acids is 2. The normalized spacial score (nSPS) is 18.7. The molecule has 3 unspecified atom stereocenters. The number of hydrazine groups is 1. The first-order chi connectivity index (χ1) is 21.7. The zero-order valence-corrected chi connectivity index (χ0v) is 26.1. The van der Waals surface area contributed by atoms with Gasteiger partial charge in [0.25, 0.3) is 0 Å². The van der Waals surface area contributed by atoms with E-state index >= 15 is 0 Å². The van der Waals surface area contributed by atoms with E-state index < -0.39 is 7.12 Å². The van der Waals surface area contributed by atoms with Gasteiger partial charge in [0.2, 0.25) is 11.8 Å². The number of anilines is 2. The van der Waals surface area contributed by atoms with Gasteiger partial charge >= 0.3 is 7.12 Å². The van der Waals surface area contributed by atoms with Crippen LogP contribution in [0.4, 0.5) is 11.4 Å². The largest absolute Gasteiger partial charge is 0.494 e. The van der Waals surface area contributed by atoms with E-state index in [0.29, 0.717) is 54.3 Å². The summed E-state index contributed by atoms with van der Waals surface area (Å²) < 4.78 is 6.14. The Kier molecular flexibility index (Phi) is 10.7. The van der Waals surface area contributed by atoms with Gasteiger partial charge in [0, 0.05) is 40.5 Å². The number of hydrogen-bond donors (Lipinski definition) is 6. The smallest absolute Gasteiger partial charge is 0.488 e. The fraction of sp³-hybridized carbons (Fsp3) is 0.344. The summed E-state index contributed by atoms with van der Waals surface area (Å²) in [6.07, 6.45) is 1.48. The van der Waals surface area contributed by atoms with E-state index in [1.54, 1.807) is 18.2 Å². The maximum atomic E-state index is 12.7. The Bertz CT molecular complexity index is 1540. The van der Waals surface area contributed by atoms with E-state index in [1.165, 1.54) is 6.07 Å². The number of unbranched alkanes of at least 4 members (excludes halogenated alkanes) is 1. The Balaban J connectivity index is 1.30. The number of carbonyl (C=O) groups is 2. The van der Waals surface area contributed by atoms with Crippen molar-refractivity contribution in [1.29, 1.82) is 0 Å². The number of aliphatic imine (C=N–C) groups is 1. The molecule has 0 bridgehead atoms. The van der Waals surface area contributed by atoms with E-state index in [4.69, 9.17) is 21.3 Å². The maximum Gasteiger partial charge on any atom is 0.488 e. The lowest BCUT2D eigenvalue weighted by Gasteiger charge is -2.31. The van der Waals surface area contributed by atoms with Crippen molar-refractivity contribution in [2.45, 2.75) is 57.9 Å². The highest BCUT2D eigenvalue weighted by atomic mass is 35.5. The van der Waals surface area contributed by atoms with Crippen LogP contribution in [0.3, 0.4) is 0 Å². The number of ether oxygens (including phenoxy) is 1. The second-order valence-corrected chi connectivity index (χ2v) is 11.5. The van der Waals surface area contributed by atoms with Crippen LogP contribution in [0.15, 0.2) is 71.7 Å². The molecule has 2 amide bonds. The molecular formula is C32H38BClN6O5. The summed E-state index contributed by atoms with van der Waals surface area (Å²) in [7, 11) is -1.59. The summed E-state index contributed by atoms with van der Waals surface area (Å²) in [5.41, 5.74) is 10.9. The Morgan fingerprint density at radius 1 is 1.04 bits per heavy atom. The van der Waals surface area contributed by atoms with Crippen LogP contribution >= 0.6 is 11.6 Å². The average Bonchev–Trinajstić information content (AvgIpc) is 3.34. The summed E-state index contributed by atoms with van der Waals surface area (Å²) in [6.45, 7) is 4.91. The molecule has 6 N–H and O–H groups in total. The van der Waals surface area contributed by atoms with E-state index in [2.05, 4.69) is 33.3 Å². The monoisotopic (exact) mass is 632 g/mol. The van der Waals surface area contributed by atoms with Crippen molar-refractivity contribution in [3.8, 4) is 5.75 Å². The molecule has 1 saturated heterocycles. The fourth-order valence-electron chi connectivity index (χ4n) is 5.58. The Morgan fingerprint density at radius 2 is 1.84 bits per heavy atom. The SMILES string of the molecule is CCNC(=O)CC1N=C(c2ccc(Cl)cc2)c2cc(OCCCCC(=O)Nc3cccc(B(O)O)c3)ccc2N2C(C)NNC12. The highest BCUT2D eigenvalue weighted by molar-refractivity contribution is 6.58. The molecule has 0 saturated carbocycles. The number of fused-ring (bicyclic) bond motifs is 3. The molecule has 0 aliphatic carbocycles. The summed E-state index contributed by atoms with van der Waals surface area (Å²) >= 11 is 6.22. The van der Waals surface area contributed by atoms with Gasteiger partial charge in [-0.15, -0.1) is 0 Å². The molecular weight excluding hydrogens is 595 g/mol. The van der Waals surface area contributed by atoms with E-state index in [0.717, 1.165) is 22.5 Å². The summed E-state index contributed by atoms with van der Waals surface area (Å²) in [5, 5.41) is 25.0. The van der Waals surface area contributed by atoms with Crippen molar-refractivity contribution >= 4 is 53.1 Å². The van der Waals surface area contributed by atoms with E-state index in [9.17, 15) is 19.6 Å². The number of nitrogens with zero attached hydrogens (tertiary/aromatic N) is 2. The predicted octanol–water partition coefficient (Wildman–Crippen LogP) is 2.54. The number of hydrogen-bond acceptors (Lipinski definition) is 9. The van der Waals surface area contributed by atoms with Gasteiger partial charge in [-0.2, -0.15) is 0 Å². The van der Waals surface area contributed by atoms with Crippen LogP contribution in [0, 0.1) is 0 Å². The van der Waals surface area contributed by atoms with Crippen LogP contribution < -0.4 is 36.6 Å². The van der Waals surface area contributed by atoms with Gasteiger partial charge in [-0.25, -0.2) is 10.9 Å². The van der Waals surface area contributed by atoms with Crippen molar-refractivity contribution in [2.24, 2.45) is 4.99 Å². The average molecular weight is 633 g/mol. The maximum absolute atomic E-state index is 12.7. The van der Waals surface area contributed by atoms with Gasteiger partial charge in [-0.1, -0.05) is 35.9 Å². The van der Waals surface area contributed by atoms with Crippen molar-refractivity contribution in [3.05, 3.63) is 82.9 Å². The molecule has 0 radical (unpaired) electrons. The van der Waals surface area contributed by atoms with Crippen LogP contribution in [0.1, 0.15) is 50.7 Å². The van der Waals surface area contributed by atoms with Gasteiger partial charge in [0.1, 0.15) is 11.9 Å². The molecule has 3 atom stereocenters. The van der Waals surface area contributed by atoms with Gasteiger partial charge < -0.3 is 30.3 Å². The third-order valence-corrected chi connectivity index (χ3v) is 7.99. The van der Waals surface area contributed by atoms with Crippen LogP contribution in [-0.4, -0.2) is 66.2 Å². The number of amides is 2. The van der Waals surface area contributed by atoms with Gasteiger partial charge in [0.15, 0.2) is 0 Å². The molecule has 13 heteroatoms. The van der Waals surface area contributed by atoms with Crippen LogP contribution in [0.25, 0.3) is 0 Å².